The normalized spacial score (nSPS) is 10.5. The van der Waals surface area contributed by atoms with Crippen molar-refractivity contribution in [1.29, 1.82) is 0 Å². The average Bonchev–Trinajstić information content (AvgIpc) is 2.76. The molecule has 0 spiro atoms. The molecule has 0 aliphatic carbocycles. The molecule has 3 rings (SSSR count). The Morgan fingerprint density at radius 2 is 1.77 bits per heavy atom. The molecule has 0 N–H and O–H groups in total. The molecule has 0 saturated carbocycles. The first-order valence-corrected chi connectivity index (χ1v) is 8.24. The van der Waals surface area contributed by atoms with E-state index < -0.39 is 10.8 Å². The SMILES string of the molecule is COc1ccc(/C=N/N=C(\[O-])c2ccc([N+](=O)[O-])cc2)c([O-])c1.[Cu+2].c1ccncc1. The van der Waals surface area contributed by atoms with Gasteiger partial charge in [0.2, 0.25) is 0 Å². The van der Waals surface area contributed by atoms with Crippen LogP contribution in [0.3, 0.4) is 0 Å². The fourth-order valence-electron chi connectivity index (χ4n) is 1.99. The number of hydrogen-bond donors (Lipinski definition) is 0. The molecule has 0 bridgehead atoms. The van der Waals surface area contributed by atoms with Crippen LogP contribution in [-0.2, 0) is 17.1 Å². The van der Waals surface area contributed by atoms with Crippen LogP contribution in [0, 0.1) is 10.1 Å². The third-order valence-electron chi connectivity index (χ3n) is 3.46. The summed E-state index contributed by atoms with van der Waals surface area (Å²) in [6, 6.07) is 15.1. The van der Waals surface area contributed by atoms with Crippen molar-refractivity contribution < 1.29 is 36.9 Å². The average molecular weight is 456 g/mol. The van der Waals surface area contributed by atoms with Crippen molar-refractivity contribution in [1.82, 2.24) is 4.98 Å². The van der Waals surface area contributed by atoms with E-state index in [-0.39, 0.29) is 39.6 Å². The van der Waals surface area contributed by atoms with Crippen LogP contribution in [0.4, 0.5) is 5.69 Å². The van der Waals surface area contributed by atoms with E-state index in [0.29, 0.717) is 5.75 Å². The minimum atomic E-state index is -0.669. The molecule has 1 radical (unpaired) electrons. The van der Waals surface area contributed by atoms with E-state index in [0.717, 1.165) is 6.21 Å². The standard InChI is InChI=1S/C15H13N3O5.C5H5N.Cu/c1-23-13-7-4-11(14(19)8-13)9-16-17-15(20)10-2-5-12(6-3-10)18(21)22;1-2-4-6-5-3-1;/h2-9,19H,1H3,(H,17,20);1-5H;/q;;+2/p-2/b16-9+;;. The van der Waals surface area contributed by atoms with Crippen molar-refractivity contribution in [2.45, 2.75) is 0 Å². The van der Waals surface area contributed by atoms with E-state index in [1.54, 1.807) is 18.5 Å². The number of nitrogens with zero attached hydrogens (tertiary/aromatic N) is 4. The van der Waals surface area contributed by atoms with Crippen LogP contribution in [0.2, 0.25) is 0 Å². The zero-order chi connectivity index (χ0) is 21.1. The third kappa shape index (κ3) is 7.70. The zero-order valence-corrected chi connectivity index (χ0v) is 16.6. The summed E-state index contributed by atoms with van der Waals surface area (Å²) in [4.78, 5) is 13.7. The molecule has 0 fully saturated rings. The van der Waals surface area contributed by atoms with Crippen LogP contribution in [0.25, 0.3) is 0 Å². The smallest absolute Gasteiger partial charge is 0.872 e. The van der Waals surface area contributed by atoms with E-state index in [4.69, 9.17) is 4.74 Å². The molecule has 0 aliphatic heterocycles. The first-order valence-electron chi connectivity index (χ1n) is 8.24. The van der Waals surface area contributed by atoms with Gasteiger partial charge in [-0.25, -0.2) is 0 Å². The molecular formula is C20H16CuN4O5. The van der Waals surface area contributed by atoms with Gasteiger partial charge in [0.05, 0.1) is 18.2 Å². The van der Waals surface area contributed by atoms with Gasteiger partial charge < -0.3 is 14.9 Å². The molecular weight excluding hydrogens is 440 g/mol. The van der Waals surface area contributed by atoms with Gasteiger partial charge in [0.15, 0.2) is 0 Å². The Morgan fingerprint density at radius 3 is 2.23 bits per heavy atom. The minimum Gasteiger partial charge on any atom is -0.872 e. The molecule has 157 valence electrons. The molecule has 1 aromatic heterocycles. The molecule has 9 nitrogen and oxygen atoms in total. The Balaban J connectivity index is 0.000000552. The number of hydrogen-bond acceptors (Lipinski definition) is 8. The number of nitro benzene ring substituents is 1. The monoisotopic (exact) mass is 455 g/mol. The Hall–Kier alpha value is -3.75. The first kappa shape index (κ1) is 24.3. The van der Waals surface area contributed by atoms with Gasteiger partial charge in [-0.3, -0.25) is 15.1 Å². The summed E-state index contributed by atoms with van der Waals surface area (Å²) < 4.78 is 4.91. The van der Waals surface area contributed by atoms with Crippen LogP contribution in [0.1, 0.15) is 11.1 Å². The molecule has 1 heterocycles. The van der Waals surface area contributed by atoms with E-state index in [1.165, 1.54) is 43.5 Å². The maximum absolute atomic E-state index is 11.8. The summed E-state index contributed by atoms with van der Waals surface area (Å²) in [6.07, 6.45) is 4.66. The van der Waals surface area contributed by atoms with Gasteiger partial charge in [-0.1, -0.05) is 17.9 Å². The van der Waals surface area contributed by atoms with Crippen molar-refractivity contribution >= 4 is 17.8 Å². The summed E-state index contributed by atoms with van der Waals surface area (Å²) in [5.74, 6) is -0.561. The van der Waals surface area contributed by atoms with Crippen LogP contribution < -0.4 is 14.9 Å². The van der Waals surface area contributed by atoms with E-state index in [2.05, 4.69) is 15.2 Å². The van der Waals surface area contributed by atoms with Gasteiger partial charge in [-0.05, 0) is 47.5 Å². The fraction of sp³-hybridized carbons (Fsp3) is 0.0500. The summed E-state index contributed by atoms with van der Waals surface area (Å²) >= 11 is 0. The van der Waals surface area contributed by atoms with Gasteiger partial charge >= 0.3 is 17.1 Å². The number of aromatic nitrogens is 1. The molecule has 0 saturated heterocycles. The number of benzene rings is 2. The molecule has 3 aromatic rings. The Morgan fingerprint density at radius 1 is 1.10 bits per heavy atom. The van der Waals surface area contributed by atoms with E-state index in [1.807, 2.05) is 18.2 Å². The number of rotatable bonds is 5. The molecule has 0 amide bonds. The maximum atomic E-state index is 11.8. The maximum Gasteiger partial charge on any atom is 2.00 e. The summed E-state index contributed by atoms with van der Waals surface area (Å²) in [5.41, 5.74) is 0.287. The van der Waals surface area contributed by atoms with Crippen LogP contribution in [0.15, 0.2) is 83.3 Å². The van der Waals surface area contributed by atoms with Gasteiger partial charge in [-0.15, -0.1) is 0 Å². The third-order valence-corrected chi connectivity index (χ3v) is 3.46. The number of non-ortho nitro benzene ring substituents is 1. The van der Waals surface area contributed by atoms with Gasteiger partial charge in [0.25, 0.3) is 5.69 Å². The van der Waals surface area contributed by atoms with Gasteiger partial charge in [0, 0.05) is 30.4 Å². The number of methoxy groups -OCH3 is 1. The zero-order valence-electron chi connectivity index (χ0n) is 15.6. The Labute approximate surface area is 183 Å². The molecule has 0 aliphatic rings. The van der Waals surface area contributed by atoms with E-state index >= 15 is 0 Å². The van der Waals surface area contributed by atoms with E-state index in [9.17, 15) is 20.3 Å². The summed E-state index contributed by atoms with van der Waals surface area (Å²) in [7, 11) is 1.45. The first-order chi connectivity index (χ1) is 14.0. The second kappa shape index (κ2) is 12.7. The molecule has 0 unspecified atom stereocenters. The van der Waals surface area contributed by atoms with Crippen molar-refractivity contribution in [2.75, 3.05) is 7.11 Å². The predicted octanol–water partition coefficient (Wildman–Crippen LogP) is 1.90. The minimum absolute atomic E-state index is 0. The Bertz CT molecular complexity index is 969. The summed E-state index contributed by atoms with van der Waals surface area (Å²) in [5, 5.41) is 41.0. The van der Waals surface area contributed by atoms with Crippen LogP contribution in [0.5, 0.6) is 11.5 Å². The second-order valence-corrected chi connectivity index (χ2v) is 5.38. The van der Waals surface area contributed by atoms with Crippen LogP contribution >= 0.6 is 0 Å². The second-order valence-electron chi connectivity index (χ2n) is 5.38. The summed E-state index contributed by atoms with van der Waals surface area (Å²) in [6.45, 7) is 0. The van der Waals surface area contributed by atoms with Crippen molar-refractivity contribution in [3.63, 3.8) is 0 Å². The van der Waals surface area contributed by atoms with Crippen molar-refractivity contribution in [3.8, 4) is 11.5 Å². The quantitative estimate of drug-likeness (QED) is 0.189. The van der Waals surface area contributed by atoms with Gasteiger partial charge in [0.1, 0.15) is 5.75 Å². The van der Waals surface area contributed by atoms with Crippen molar-refractivity contribution in [3.05, 3.63) is 94.3 Å². The largest absolute Gasteiger partial charge is 2.00 e. The predicted molar refractivity (Wildman–Crippen MR) is 104 cm³/mol. The fourth-order valence-corrected chi connectivity index (χ4v) is 1.99. The van der Waals surface area contributed by atoms with Crippen molar-refractivity contribution in [2.24, 2.45) is 10.2 Å². The molecule has 10 heteroatoms. The topological polar surface area (TPSA) is 136 Å². The number of ether oxygens (including phenoxy) is 1. The molecule has 2 aromatic carbocycles. The Kier molecular flexibility index (Phi) is 10.2. The number of pyridine rings is 1. The van der Waals surface area contributed by atoms with Gasteiger partial charge in [-0.2, -0.15) is 10.2 Å². The number of nitro groups is 1. The molecule has 30 heavy (non-hydrogen) atoms. The molecule has 0 atom stereocenters. The van der Waals surface area contributed by atoms with Crippen LogP contribution in [-0.4, -0.2) is 29.1 Å².